The number of ether oxygens (including phenoxy) is 1. The van der Waals surface area contributed by atoms with E-state index in [-0.39, 0.29) is 5.69 Å². The predicted octanol–water partition coefficient (Wildman–Crippen LogP) is 1.71. The normalized spacial score (nSPS) is 11.7. The zero-order valence-corrected chi connectivity index (χ0v) is 9.27. The topological polar surface area (TPSA) is 81.5 Å². The fourth-order valence-corrected chi connectivity index (χ4v) is 1.23. The summed E-state index contributed by atoms with van der Waals surface area (Å²) >= 11 is 0. The molecule has 92 valence electrons. The first-order chi connectivity index (χ1) is 7.95. The van der Waals surface area contributed by atoms with Crippen LogP contribution in [0.4, 0.5) is 15.8 Å². The molecule has 7 heteroatoms. The van der Waals surface area contributed by atoms with E-state index in [1.54, 1.807) is 0 Å². The molecule has 1 unspecified atom stereocenters. The molecule has 1 aromatic rings. The minimum absolute atomic E-state index is 0.269. The molecule has 6 nitrogen and oxygen atoms in total. The van der Waals surface area contributed by atoms with Crippen LogP contribution in [-0.4, -0.2) is 24.0 Å². The van der Waals surface area contributed by atoms with Gasteiger partial charge in [-0.3, -0.25) is 10.1 Å². The number of carbonyl (C=O) groups excluding carboxylic acids is 1. The molecule has 1 rings (SSSR count). The van der Waals surface area contributed by atoms with E-state index in [0.29, 0.717) is 0 Å². The number of nitrogens with one attached hydrogen (secondary N) is 1. The molecular weight excluding hydrogens is 231 g/mol. The highest BCUT2D eigenvalue weighted by Crippen LogP contribution is 2.21. The lowest BCUT2D eigenvalue weighted by Crippen LogP contribution is -2.27. The van der Waals surface area contributed by atoms with Crippen LogP contribution in [0.1, 0.15) is 6.92 Å². The minimum atomic E-state index is -0.961. The summed E-state index contributed by atoms with van der Waals surface area (Å²) in [7, 11) is 1.23. The van der Waals surface area contributed by atoms with Gasteiger partial charge in [0.25, 0.3) is 0 Å². The Bertz CT molecular complexity index is 450. The van der Waals surface area contributed by atoms with Crippen LogP contribution in [0.5, 0.6) is 0 Å². The SMILES string of the molecule is COC(=O)C(C)Nc1ccc([N+](=O)[O-])c(F)c1. The minimum Gasteiger partial charge on any atom is -0.467 e. The van der Waals surface area contributed by atoms with E-state index in [2.05, 4.69) is 10.1 Å². The molecule has 0 radical (unpaired) electrons. The summed E-state index contributed by atoms with van der Waals surface area (Å²) in [6.45, 7) is 1.53. The van der Waals surface area contributed by atoms with E-state index in [1.165, 1.54) is 20.1 Å². The zero-order chi connectivity index (χ0) is 13.0. The van der Waals surface area contributed by atoms with Crippen LogP contribution in [0.3, 0.4) is 0 Å². The predicted molar refractivity (Wildman–Crippen MR) is 58.2 cm³/mol. The molecule has 1 aromatic carbocycles. The van der Waals surface area contributed by atoms with E-state index in [1.807, 2.05) is 0 Å². The Hall–Kier alpha value is -2.18. The average Bonchev–Trinajstić information content (AvgIpc) is 2.27. The standard InChI is InChI=1S/C10H11FN2O4/c1-6(10(14)17-2)12-7-3-4-9(13(15)16)8(11)5-7/h3-6,12H,1-2H3. The van der Waals surface area contributed by atoms with Crippen LogP contribution in [0.25, 0.3) is 0 Å². The first-order valence-electron chi connectivity index (χ1n) is 4.74. The fourth-order valence-electron chi connectivity index (χ4n) is 1.23. The van der Waals surface area contributed by atoms with Gasteiger partial charge in [0, 0.05) is 17.8 Å². The number of benzene rings is 1. The van der Waals surface area contributed by atoms with Crippen molar-refractivity contribution in [2.45, 2.75) is 13.0 Å². The summed E-state index contributed by atoms with van der Waals surface area (Å²) in [5.74, 6) is -1.47. The number of esters is 1. The summed E-state index contributed by atoms with van der Waals surface area (Å²) in [5, 5.41) is 13.0. The van der Waals surface area contributed by atoms with Crippen molar-refractivity contribution in [2.24, 2.45) is 0 Å². The van der Waals surface area contributed by atoms with Crippen molar-refractivity contribution < 1.29 is 18.8 Å². The molecule has 17 heavy (non-hydrogen) atoms. The summed E-state index contributed by atoms with van der Waals surface area (Å²) in [6, 6.07) is 2.64. The van der Waals surface area contributed by atoms with Crippen LogP contribution in [-0.2, 0) is 9.53 Å². The van der Waals surface area contributed by atoms with Crippen molar-refractivity contribution in [1.29, 1.82) is 0 Å². The zero-order valence-electron chi connectivity index (χ0n) is 9.27. The summed E-state index contributed by atoms with van der Waals surface area (Å²) in [5.41, 5.74) is -0.340. The van der Waals surface area contributed by atoms with Crippen molar-refractivity contribution >= 4 is 17.3 Å². The number of methoxy groups -OCH3 is 1. The first-order valence-corrected chi connectivity index (χ1v) is 4.74. The lowest BCUT2D eigenvalue weighted by Gasteiger charge is -2.12. The third-order valence-corrected chi connectivity index (χ3v) is 2.08. The fraction of sp³-hybridized carbons (Fsp3) is 0.300. The Morgan fingerprint density at radius 2 is 2.24 bits per heavy atom. The van der Waals surface area contributed by atoms with Crippen LogP contribution in [0.15, 0.2) is 18.2 Å². The number of hydrogen-bond donors (Lipinski definition) is 1. The molecule has 1 atom stereocenters. The molecule has 0 aromatic heterocycles. The summed E-state index contributed by atoms with van der Waals surface area (Å²) in [6.07, 6.45) is 0. The van der Waals surface area contributed by atoms with E-state index in [4.69, 9.17) is 0 Å². The van der Waals surface area contributed by atoms with Crippen molar-refractivity contribution in [3.8, 4) is 0 Å². The maximum absolute atomic E-state index is 13.2. The van der Waals surface area contributed by atoms with Gasteiger partial charge in [-0.05, 0) is 13.0 Å². The maximum atomic E-state index is 13.2. The van der Waals surface area contributed by atoms with Gasteiger partial charge >= 0.3 is 11.7 Å². The van der Waals surface area contributed by atoms with Gasteiger partial charge in [0.15, 0.2) is 0 Å². The summed E-state index contributed by atoms with van der Waals surface area (Å²) in [4.78, 5) is 20.7. The molecule has 0 saturated heterocycles. The van der Waals surface area contributed by atoms with Crippen LogP contribution < -0.4 is 5.32 Å². The molecule has 0 amide bonds. The number of nitrogens with zero attached hydrogens (tertiary/aromatic N) is 1. The lowest BCUT2D eigenvalue weighted by molar-refractivity contribution is -0.387. The van der Waals surface area contributed by atoms with Gasteiger partial charge in [0.05, 0.1) is 12.0 Å². The Kier molecular flexibility index (Phi) is 3.97. The highest BCUT2D eigenvalue weighted by atomic mass is 19.1. The second kappa shape index (κ2) is 5.24. The summed E-state index contributed by atoms with van der Waals surface area (Å²) < 4.78 is 17.7. The molecule has 0 fully saturated rings. The molecular formula is C10H11FN2O4. The molecule has 0 bridgehead atoms. The molecule has 0 aliphatic heterocycles. The highest BCUT2D eigenvalue weighted by molar-refractivity contribution is 5.78. The van der Waals surface area contributed by atoms with Crippen molar-refractivity contribution in [3.63, 3.8) is 0 Å². The van der Waals surface area contributed by atoms with E-state index in [9.17, 15) is 19.3 Å². The Morgan fingerprint density at radius 1 is 1.59 bits per heavy atom. The van der Waals surface area contributed by atoms with Crippen LogP contribution >= 0.6 is 0 Å². The number of nitro groups is 1. The number of nitro benzene ring substituents is 1. The Labute approximate surface area is 96.5 Å². The first kappa shape index (κ1) is 12.9. The van der Waals surface area contributed by atoms with Crippen molar-refractivity contribution in [2.75, 3.05) is 12.4 Å². The second-order valence-corrected chi connectivity index (χ2v) is 3.31. The van der Waals surface area contributed by atoms with E-state index in [0.717, 1.165) is 12.1 Å². The van der Waals surface area contributed by atoms with Crippen molar-refractivity contribution in [3.05, 3.63) is 34.1 Å². The third kappa shape index (κ3) is 3.13. The van der Waals surface area contributed by atoms with Gasteiger partial charge in [0.2, 0.25) is 5.82 Å². The second-order valence-electron chi connectivity index (χ2n) is 3.31. The molecule has 0 aliphatic carbocycles. The number of carbonyl (C=O) groups is 1. The molecule has 0 aliphatic rings. The highest BCUT2D eigenvalue weighted by Gasteiger charge is 2.16. The van der Waals surface area contributed by atoms with Gasteiger partial charge < -0.3 is 10.1 Å². The van der Waals surface area contributed by atoms with Gasteiger partial charge in [-0.25, -0.2) is 4.79 Å². The number of hydrogen-bond acceptors (Lipinski definition) is 5. The van der Waals surface area contributed by atoms with Crippen LogP contribution in [0, 0.1) is 15.9 Å². The molecule has 0 saturated carbocycles. The average molecular weight is 242 g/mol. The number of anilines is 1. The quantitative estimate of drug-likeness (QED) is 0.493. The van der Waals surface area contributed by atoms with Gasteiger partial charge in [-0.15, -0.1) is 0 Å². The Balaban J connectivity index is 2.84. The lowest BCUT2D eigenvalue weighted by atomic mass is 10.2. The Morgan fingerprint density at radius 3 is 2.71 bits per heavy atom. The van der Waals surface area contributed by atoms with Crippen molar-refractivity contribution in [1.82, 2.24) is 0 Å². The van der Waals surface area contributed by atoms with Gasteiger partial charge in [-0.2, -0.15) is 4.39 Å². The third-order valence-electron chi connectivity index (χ3n) is 2.08. The smallest absolute Gasteiger partial charge is 0.327 e. The number of halogens is 1. The molecule has 0 heterocycles. The molecule has 1 N–H and O–H groups in total. The number of rotatable bonds is 4. The van der Waals surface area contributed by atoms with E-state index >= 15 is 0 Å². The molecule has 0 spiro atoms. The van der Waals surface area contributed by atoms with Gasteiger partial charge in [0.1, 0.15) is 6.04 Å². The maximum Gasteiger partial charge on any atom is 0.327 e. The largest absolute Gasteiger partial charge is 0.467 e. The van der Waals surface area contributed by atoms with Gasteiger partial charge in [-0.1, -0.05) is 0 Å². The van der Waals surface area contributed by atoms with Crippen LogP contribution in [0.2, 0.25) is 0 Å². The van der Waals surface area contributed by atoms with E-state index < -0.39 is 28.4 Å². The monoisotopic (exact) mass is 242 g/mol.